The minimum absolute atomic E-state index is 0.311. The lowest BCUT2D eigenvalue weighted by atomic mass is 9.69. The van der Waals surface area contributed by atoms with Gasteiger partial charge >= 0.3 is 12.1 Å². The highest BCUT2D eigenvalue weighted by molar-refractivity contribution is 6.35. The van der Waals surface area contributed by atoms with E-state index in [4.69, 9.17) is 32.7 Å². The van der Waals surface area contributed by atoms with Crippen molar-refractivity contribution in [3.05, 3.63) is 74.7 Å². The highest BCUT2D eigenvalue weighted by Crippen LogP contribution is 2.54. The highest BCUT2D eigenvalue weighted by Gasteiger charge is 2.61. The van der Waals surface area contributed by atoms with Gasteiger partial charge in [0.1, 0.15) is 11.6 Å². The van der Waals surface area contributed by atoms with E-state index in [0.29, 0.717) is 24.1 Å². The van der Waals surface area contributed by atoms with Gasteiger partial charge in [0.15, 0.2) is 5.82 Å². The standard InChI is InChI=1S/C27H25Cl2F4NO3/c1-24(2,3)37-23(35)22-25(13-34-22)7-6-15-8-14(4-5-18(15)25)16-11-26(36-12-16,27(31,32)33)17-9-19(28)21(30)20(29)10-17/h4-5,8-10,12,22,34H,6-7,11,13H2,1-3H3. The molecule has 0 saturated carbocycles. The lowest BCUT2D eigenvalue weighted by Crippen LogP contribution is -2.68. The molecule has 2 aliphatic heterocycles. The van der Waals surface area contributed by atoms with Gasteiger partial charge in [0.25, 0.3) is 0 Å². The number of benzene rings is 2. The molecule has 0 bridgehead atoms. The van der Waals surface area contributed by atoms with Crippen molar-refractivity contribution < 1.29 is 31.8 Å². The summed E-state index contributed by atoms with van der Waals surface area (Å²) >= 11 is 11.6. The molecule has 3 atom stereocenters. The zero-order chi connectivity index (χ0) is 27.0. The van der Waals surface area contributed by atoms with Crippen molar-refractivity contribution in [2.45, 2.75) is 68.9 Å². The maximum atomic E-state index is 14.4. The van der Waals surface area contributed by atoms with Crippen molar-refractivity contribution in [1.29, 1.82) is 0 Å². The van der Waals surface area contributed by atoms with Gasteiger partial charge in [0, 0.05) is 23.9 Å². The molecule has 2 aromatic rings. The lowest BCUT2D eigenvalue weighted by molar-refractivity contribution is -0.260. The topological polar surface area (TPSA) is 47.6 Å². The Balaban J connectivity index is 1.43. The van der Waals surface area contributed by atoms with E-state index in [-0.39, 0.29) is 11.5 Å². The number of esters is 1. The number of nitrogens with one attached hydrogen (secondary N) is 1. The van der Waals surface area contributed by atoms with Gasteiger partial charge in [0.2, 0.25) is 5.60 Å². The smallest absolute Gasteiger partial charge is 0.432 e. The summed E-state index contributed by atoms with van der Waals surface area (Å²) in [4.78, 5) is 12.8. The molecule has 4 nitrogen and oxygen atoms in total. The first kappa shape index (κ1) is 26.3. The average Bonchev–Trinajstić information content (AvgIpc) is 3.38. The molecular weight excluding hydrogens is 533 g/mol. The van der Waals surface area contributed by atoms with Gasteiger partial charge in [-0.15, -0.1) is 0 Å². The summed E-state index contributed by atoms with van der Waals surface area (Å²) in [5.74, 6) is -1.30. The number of aryl methyl sites for hydroxylation is 1. The molecule has 0 amide bonds. The van der Waals surface area contributed by atoms with E-state index in [1.165, 1.54) is 0 Å². The molecule has 10 heteroatoms. The average molecular weight is 558 g/mol. The van der Waals surface area contributed by atoms with Crippen LogP contribution in [0.2, 0.25) is 10.0 Å². The molecule has 1 fully saturated rings. The predicted molar refractivity (Wildman–Crippen MR) is 132 cm³/mol. The molecular formula is C27H25Cl2F4NO3. The van der Waals surface area contributed by atoms with Gasteiger partial charge < -0.3 is 14.8 Å². The lowest BCUT2D eigenvalue weighted by Gasteiger charge is -2.47. The first-order chi connectivity index (χ1) is 17.2. The van der Waals surface area contributed by atoms with Gasteiger partial charge in [-0.1, -0.05) is 41.4 Å². The Bertz CT molecular complexity index is 1300. The van der Waals surface area contributed by atoms with Crippen molar-refractivity contribution in [3.8, 4) is 0 Å². The maximum Gasteiger partial charge on any atom is 0.432 e. The summed E-state index contributed by atoms with van der Waals surface area (Å²) in [6, 6.07) is 6.83. The first-order valence-corrected chi connectivity index (χ1v) is 12.6. The summed E-state index contributed by atoms with van der Waals surface area (Å²) in [5.41, 5.74) is -1.22. The van der Waals surface area contributed by atoms with Crippen LogP contribution in [0.1, 0.15) is 55.9 Å². The Morgan fingerprint density at radius 3 is 2.38 bits per heavy atom. The largest absolute Gasteiger partial charge is 0.480 e. The van der Waals surface area contributed by atoms with E-state index < -0.39 is 51.1 Å². The van der Waals surface area contributed by atoms with Crippen LogP contribution in [0.4, 0.5) is 17.6 Å². The molecule has 0 radical (unpaired) electrons. The number of hydrogen-bond donors (Lipinski definition) is 1. The summed E-state index contributed by atoms with van der Waals surface area (Å²) < 4.78 is 67.9. The number of carbonyl (C=O) groups is 1. The van der Waals surface area contributed by atoms with E-state index in [0.717, 1.165) is 35.9 Å². The number of hydrogen-bond acceptors (Lipinski definition) is 4. The molecule has 5 rings (SSSR count). The van der Waals surface area contributed by atoms with Crippen LogP contribution in [0.25, 0.3) is 5.57 Å². The SMILES string of the molecule is CC(C)(C)OC(=O)C1NCC12CCc1cc(C3=COC(c4cc(Cl)c(F)c(Cl)c4)(C(F)(F)F)C3)ccc12. The summed E-state index contributed by atoms with van der Waals surface area (Å²) in [5, 5.41) is 2.16. The first-order valence-electron chi connectivity index (χ1n) is 11.9. The Morgan fingerprint density at radius 2 is 1.81 bits per heavy atom. The quantitative estimate of drug-likeness (QED) is 0.255. The third-order valence-corrected chi connectivity index (χ3v) is 7.97. The van der Waals surface area contributed by atoms with E-state index >= 15 is 0 Å². The fourth-order valence-electron chi connectivity index (χ4n) is 5.56. The van der Waals surface area contributed by atoms with Gasteiger partial charge in [-0.05, 0) is 68.0 Å². The maximum absolute atomic E-state index is 14.4. The van der Waals surface area contributed by atoms with Crippen LogP contribution in [0.3, 0.4) is 0 Å². The number of carbonyl (C=O) groups excluding carboxylic acids is 1. The summed E-state index contributed by atoms with van der Waals surface area (Å²) in [6.07, 6.45) is -2.84. The zero-order valence-electron chi connectivity index (χ0n) is 20.4. The third-order valence-electron chi connectivity index (χ3n) is 7.42. The van der Waals surface area contributed by atoms with Gasteiger partial charge in [-0.3, -0.25) is 4.79 Å². The second-order valence-corrected chi connectivity index (χ2v) is 11.7. The number of ether oxygens (including phenoxy) is 2. The zero-order valence-corrected chi connectivity index (χ0v) is 21.9. The van der Waals surface area contributed by atoms with Crippen molar-refractivity contribution in [3.63, 3.8) is 0 Å². The Hall–Kier alpha value is -2.29. The fourth-order valence-corrected chi connectivity index (χ4v) is 6.05. The molecule has 2 aromatic carbocycles. The summed E-state index contributed by atoms with van der Waals surface area (Å²) in [6.45, 7) is 6.07. The Labute approximate surface area is 221 Å². The van der Waals surface area contributed by atoms with Crippen molar-refractivity contribution in [2.24, 2.45) is 0 Å². The van der Waals surface area contributed by atoms with Gasteiger partial charge in [-0.25, -0.2) is 4.39 Å². The van der Waals surface area contributed by atoms with E-state index in [9.17, 15) is 22.4 Å². The van der Waals surface area contributed by atoms with Crippen LogP contribution in [0.5, 0.6) is 0 Å². The molecule has 1 saturated heterocycles. The molecule has 0 aromatic heterocycles. The van der Waals surface area contributed by atoms with Crippen LogP contribution in [0, 0.1) is 5.82 Å². The van der Waals surface area contributed by atoms with Crippen molar-refractivity contribution in [1.82, 2.24) is 5.32 Å². The third kappa shape index (κ3) is 4.21. The number of alkyl halides is 3. The number of rotatable bonds is 3. The van der Waals surface area contributed by atoms with E-state index in [1.807, 2.05) is 32.9 Å². The monoisotopic (exact) mass is 557 g/mol. The van der Waals surface area contributed by atoms with Crippen LogP contribution < -0.4 is 5.32 Å². The van der Waals surface area contributed by atoms with E-state index in [2.05, 4.69) is 5.32 Å². The molecule has 1 aliphatic carbocycles. The Kier molecular flexibility index (Phi) is 6.13. The number of fused-ring (bicyclic) bond motifs is 2. The van der Waals surface area contributed by atoms with Gasteiger partial charge in [-0.2, -0.15) is 13.2 Å². The minimum Gasteiger partial charge on any atom is -0.480 e. The van der Waals surface area contributed by atoms with Crippen LogP contribution in [-0.4, -0.2) is 30.3 Å². The van der Waals surface area contributed by atoms with Crippen LogP contribution >= 0.6 is 23.2 Å². The predicted octanol–water partition coefficient (Wildman–Crippen LogP) is 6.85. The normalized spacial score (nSPS) is 26.9. The molecule has 1 spiro atoms. The molecule has 2 heterocycles. The summed E-state index contributed by atoms with van der Waals surface area (Å²) in [7, 11) is 0. The van der Waals surface area contributed by atoms with Gasteiger partial charge in [0.05, 0.1) is 16.3 Å². The Morgan fingerprint density at radius 1 is 1.14 bits per heavy atom. The van der Waals surface area contributed by atoms with Crippen LogP contribution in [-0.2, 0) is 31.7 Å². The second-order valence-electron chi connectivity index (χ2n) is 10.9. The molecule has 3 unspecified atom stereocenters. The fraction of sp³-hybridized carbons (Fsp3) is 0.444. The number of halogens is 6. The second kappa shape index (κ2) is 8.61. The van der Waals surface area contributed by atoms with E-state index in [1.54, 1.807) is 6.07 Å². The molecule has 1 N–H and O–H groups in total. The van der Waals surface area contributed by atoms with Crippen molar-refractivity contribution >= 4 is 34.7 Å². The highest BCUT2D eigenvalue weighted by atomic mass is 35.5. The molecule has 37 heavy (non-hydrogen) atoms. The molecule has 198 valence electrons. The molecule has 3 aliphatic rings. The van der Waals surface area contributed by atoms with Crippen LogP contribution in [0.15, 0.2) is 36.6 Å². The van der Waals surface area contributed by atoms with Crippen molar-refractivity contribution in [2.75, 3.05) is 6.54 Å². The minimum atomic E-state index is -4.82.